The van der Waals surface area contributed by atoms with E-state index in [2.05, 4.69) is 5.32 Å². The predicted octanol–water partition coefficient (Wildman–Crippen LogP) is 1.02. The molecule has 0 spiro atoms. The molecule has 11 heteroatoms. The molecule has 2 aliphatic heterocycles. The van der Waals surface area contributed by atoms with E-state index in [9.17, 15) is 31.6 Å². The Morgan fingerprint density at radius 1 is 1.10 bits per heavy atom. The first-order valence-electron chi connectivity index (χ1n) is 9.76. The highest BCUT2D eigenvalue weighted by molar-refractivity contribution is 7.89. The number of piperidine rings is 1. The maximum absolute atomic E-state index is 13.9. The van der Waals surface area contributed by atoms with E-state index < -0.39 is 32.5 Å². The van der Waals surface area contributed by atoms with E-state index in [0.717, 1.165) is 16.4 Å². The van der Waals surface area contributed by atoms with Gasteiger partial charge in [0.2, 0.25) is 27.7 Å². The summed E-state index contributed by atoms with van der Waals surface area (Å²) in [5.41, 5.74) is 0. The van der Waals surface area contributed by atoms with Crippen LogP contribution >= 0.6 is 0 Å². The highest BCUT2D eigenvalue weighted by atomic mass is 32.2. The van der Waals surface area contributed by atoms with Gasteiger partial charge in [0.05, 0.1) is 0 Å². The summed E-state index contributed by atoms with van der Waals surface area (Å²) in [6, 6.07) is 2.27. The fourth-order valence-corrected chi connectivity index (χ4v) is 5.18. The minimum Gasteiger partial charge on any atom is -0.356 e. The molecular formula is C19H23F2N3O5S. The summed E-state index contributed by atoms with van der Waals surface area (Å²) >= 11 is 0. The number of nitrogens with one attached hydrogen (secondary N) is 1. The lowest BCUT2D eigenvalue weighted by atomic mass is 9.97. The number of sulfonamides is 1. The van der Waals surface area contributed by atoms with Gasteiger partial charge in [0.15, 0.2) is 0 Å². The molecule has 2 heterocycles. The van der Waals surface area contributed by atoms with Gasteiger partial charge in [-0.15, -0.1) is 0 Å². The molecule has 1 aromatic rings. The number of rotatable bonds is 7. The molecule has 3 amide bonds. The highest BCUT2D eigenvalue weighted by Gasteiger charge is 2.34. The fourth-order valence-electron chi connectivity index (χ4n) is 3.64. The maximum Gasteiger partial charge on any atom is 0.246 e. The second kappa shape index (κ2) is 9.17. The third-order valence-corrected chi connectivity index (χ3v) is 7.26. The Bertz CT molecular complexity index is 929. The summed E-state index contributed by atoms with van der Waals surface area (Å²) in [5, 5.41) is 2.74. The first-order chi connectivity index (χ1) is 14.2. The van der Waals surface area contributed by atoms with Gasteiger partial charge in [0, 0.05) is 44.9 Å². The zero-order chi connectivity index (χ0) is 21.9. The second-order valence-corrected chi connectivity index (χ2v) is 9.24. The number of nitrogens with zero attached hydrogens (tertiary/aromatic N) is 2. The van der Waals surface area contributed by atoms with E-state index in [4.69, 9.17) is 0 Å². The van der Waals surface area contributed by atoms with Crippen LogP contribution in [0.2, 0.25) is 0 Å². The van der Waals surface area contributed by atoms with Gasteiger partial charge in [-0.2, -0.15) is 4.31 Å². The summed E-state index contributed by atoms with van der Waals surface area (Å²) in [6.45, 7) is 0.594. The molecule has 0 radical (unpaired) electrons. The monoisotopic (exact) mass is 443 g/mol. The number of halogens is 2. The fraction of sp³-hybridized carbons (Fsp3) is 0.526. The Morgan fingerprint density at radius 3 is 2.37 bits per heavy atom. The smallest absolute Gasteiger partial charge is 0.246 e. The SMILES string of the molecule is O=C(NCCCN1C(=O)CCC1=O)C1CCN(S(=O)(=O)c2cc(F)ccc2F)CC1. The molecule has 8 nitrogen and oxygen atoms in total. The lowest BCUT2D eigenvalue weighted by Gasteiger charge is -2.30. The minimum atomic E-state index is -4.19. The first kappa shape index (κ1) is 22.3. The molecule has 1 N–H and O–H groups in total. The summed E-state index contributed by atoms with van der Waals surface area (Å²) in [7, 11) is -4.19. The van der Waals surface area contributed by atoms with Crippen LogP contribution in [0.4, 0.5) is 8.78 Å². The molecule has 0 aromatic heterocycles. The number of amides is 3. The zero-order valence-electron chi connectivity index (χ0n) is 16.3. The molecule has 3 rings (SSSR count). The van der Waals surface area contributed by atoms with Crippen LogP contribution in [-0.4, -0.2) is 61.5 Å². The molecule has 0 aliphatic carbocycles. The molecule has 0 saturated carbocycles. The van der Waals surface area contributed by atoms with Crippen LogP contribution in [0.25, 0.3) is 0 Å². The third kappa shape index (κ3) is 4.84. The highest BCUT2D eigenvalue weighted by Crippen LogP contribution is 2.26. The van der Waals surface area contributed by atoms with Crippen LogP contribution in [0, 0.1) is 17.6 Å². The lowest BCUT2D eigenvalue weighted by Crippen LogP contribution is -2.43. The van der Waals surface area contributed by atoms with Gasteiger partial charge in [0.1, 0.15) is 16.5 Å². The van der Waals surface area contributed by atoms with Crippen molar-refractivity contribution in [1.29, 1.82) is 0 Å². The van der Waals surface area contributed by atoms with E-state index in [1.165, 1.54) is 4.90 Å². The van der Waals surface area contributed by atoms with Crippen LogP contribution in [0.3, 0.4) is 0 Å². The number of benzene rings is 1. The predicted molar refractivity (Wildman–Crippen MR) is 101 cm³/mol. The van der Waals surface area contributed by atoms with Gasteiger partial charge >= 0.3 is 0 Å². The van der Waals surface area contributed by atoms with Crippen LogP contribution in [-0.2, 0) is 24.4 Å². The largest absolute Gasteiger partial charge is 0.356 e. The van der Waals surface area contributed by atoms with Crippen molar-refractivity contribution in [3.05, 3.63) is 29.8 Å². The molecule has 164 valence electrons. The van der Waals surface area contributed by atoms with E-state index in [1.807, 2.05) is 0 Å². The topological polar surface area (TPSA) is 104 Å². The molecule has 1 aromatic carbocycles. The average molecular weight is 443 g/mol. The first-order valence-corrected chi connectivity index (χ1v) is 11.2. The van der Waals surface area contributed by atoms with Crippen LogP contribution in [0.1, 0.15) is 32.1 Å². The van der Waals surface area contributed by atoms with E-state index in [0.29, 0.717) is 19.0 Å². The summed E-state index contributed by atoms with van der Waals surface area (Å²) in [4.78, 5) is 35.9. The summed E-state index contributed by atoms with van der Waals surface area (Å²) < 4.78 is 53.5. The molecule has 0 bridgehead atoms. The van der Waals surface area contributed by atoms with E-state index >= 15 is 0 Å². The van der Waals surface area contributed by atoms with Gasteiger partial charge in [-0.05, 0) is 37.5 Å². The maximum atomic E-state index is 13.9. The Morgan fingerprint density at radius 2 is 1.73 bits per heavy atom. The van der Waals surface area contributed by atoms with Gasteiger partial charge in [-0.25, -0.2) is 17.2 Å². The summed E-state index contributed by atoms with van der Waals surface area (Å²) in [5.74, 6) is -2.90. The number of likely N-dealkylation sites (tertiary alicyclic amines) is 1. The Kier molecular flexibility index (Phi) is 6.81. The minimum absolute atomic E-state index is 0.0210. The molecule has 0 atom stereocenters. The van der Waals surface area contributed by atoms with Crippen LogP contribution < -0.4 is 5.32 Å². The van der Waals surface area contributed by atoms with Gasteiger partial charge in [-0.3, -0.25) is 19.3 Å². The molecular weight excluding hydrogens is 420 g/mol. The van der Waals surface area contributed by atoms with Crippen LogP contribution in [0.5, 0.6) is 0 Å². The van der Waals surface area contributed by atoms with Crippen LogP contribution in [0.15, 0.2) is 23.1 Å². The van der Waals surface area contributed by atoms with E-state index in [-0.39, 0.29) is 63.0 Å². The van der Waals surface area contributed by atoms with Crippen molar-refractivity contribution in [2.24, 2.45) is 5.92 Å². The van der Waals surface area contributed by atoms with Crippen molar-refractivity contribution in [2.45, 2.75) is 37.0 Å². The lowest BCUT2D eigenvalue weighted by molar-refractivity contribution is -0.138. The molecule has 2 fully saturated rings. The molecule has 2 aliphatic rings. The standard InChI is InChI=1S/C19H23F2N3O5S/c20-14-2-3-15(21)16(12-14)30(28,29)23-10-6-13(7-11-23)19(27)22-8-1-9-24-17(25)4-5-18(24)26/h2-3,12-13H,1,4-11H2,(H,22,27). The van der Waals surface area contributed by atoms with Gasteiger partial charge < -0.3 is 5.32 Å². The zero-order valence-corrected chi connectivity index (χ0v) is 17.1. The third-order valence-electron chi connectivity index (χ3n) is 5.35. The van der Waals surface area contributed by atoms with Crippen molar-refractivity contribution in [2.75, 3.05) is 26.2 Å². The number of carbonyl (C=O) groups excluding carboxylic acids is 3. The molecule has 0 unspecified atom stereocenters. The number of imide groups is 1. The number of hydrogen-bond donors (Lipinski definition) is 1. The molecule has 30 heavy (non-hydrogen) atoms. The molecule has 2 saturated heterocycles. The average Bonchev–Trinajstić information content (AvgIpc) is 3.04. The Labute approximate surface area is 173 Å². The Hall–Kier alpha value is -2.40. The van der Waals surface area contributed by atoms with Crippen molar-refractivity contribution in [3.8, 4) is 0 Å². The Balaban J connectivity index is 1.46. The number of carbonyl (C=O) groups is 3. The quantitative estimate of drug-likeness (QED) is 0.501. The summed E-state index contributed by atoms with van der Waals surface area (Å²) in [6.07, 6.45) is 1.41. The normalized spacial score (nSPS) is 18.8. The van der Waals surface area contributed by atoms with Crippen molar-refractivity contribution >= 4 is 27.7 Å². The van der Waals surface area contributed by atoms with Crippen molar-refractivity contribution in [1.82, 2.24) is 14.5 Å². The van der Waals surface area contributed by atoms with Crippen molar-refractivity contribution in [3.63, 3.8) is 0 Å². The van der Waals surface area contributed by atoms with Crippen molar-refractivity contribution < 1.29 is 31.6 Å². The second-order valence-electron chi connectivity index (χ2n) is 7.34. The van der Waals surface area contributed by atoms with Gasteiger partial charge in [0.25, 0.3) is 0 Å². The van der Waals surface area contributed by atoms with E-state index in [1.54, 1.807) is 0 Å². The van der Waals surface area contributed by atoms with Gasteiger partial charge in [-0.1, -0.05) is 0 Å². The number of hydrogen-bond acceptors (Lipinski definition) is 5.